The van der Waals surface area contributed by atoms with E-state index in [4.69, 9.17) is 4.74 Å². The molecule has 0 radical (unpaired) electrons. The Morgan fingerprint density at radius 1 is 1.37 bits per heavy atom. The van der Waals surface area contributed by atoms with Gasteiger partial charge in [-0.25, -0.2) is 13.2 Å². The third-order valence-corrected chi connectivity index (χ3v) is 3.65. The van der Waals surface area contributed by atoms with Crippen molar-refractivity contribution >= 4 is 15.9 Å². The molecule has 108 valence electrons. The van der Waals surface area contributed by atoms with E-state index in [2.05, 4.69) is 21.2 Å². The monoisotopic (exact) mass is 339 g/mol. The molecule has 1 rings (SSSR count). The minimum Gasteiger partial charge on any atom is -0.375 e. The summed E-state index contributed by atoms with van der Waals surface area (Å²) in [7, 11) is 1.78. The van der Waals surface area contributed by atoms with Gasteiger partial charge in [-0.15, -0.1) is 0 Å². The number of likely N-dealkylation sites (N-methyl/N-ethyl adjacent to an activating group) is 1. The number of hydrogen-bond acceptors (Lipinski definition) is 2. The van der Waals surface area contributed by atoms with Gasteiger partial charge in [0.1, 0.15) is 12.4 Å². The maximum absolute atomic E-state index is 13.4. The van der Waals surface area contributed by atoms with Crippen molar-refractivity contribution in [3.8, 4) is 0 Å². The maximum atomic E-state index is 13.4. The summed E-state index contributed by atoms with van der Waals surface area (Å²) in [4.78, 5) is 0. The lowest BCUT2D eigenvalue weighted by Crippen LogP contribution is -2.29. The van der Waals surface area contributed by atoms with Crippen LogP contribution < -0.4 is 5.32 Å². The molecule has 0 aliphatic heterocycles. The van der Waals surface area contributed by atoms with Crippen LogP contribution in [0.1, 0.15) is 12.0 Å². The Labute approximate surface area is 119 Å². The number of halogens is 4. The van der Waals surface area contributed by atoms with E-state index in [1.54, 1.807) is 13.1 Å². The Kier molecular flexibility index (Phi) is 7.41. The molecule has 1 aromatic carbocycles. The number of benzene rings is 1. The average Bonchev–Trinajstić information content (AvgIpc) is 2.37. The molecule has 0 fully saturated rings. The predicted octanol–water partition coefficient (Wildman–Crippen LogP) is 3.39. The lowest BCUT2D eigenvalue weighted by molar-refractivity contribution is 0.0146. The third kappa shape index (κ3) is 5.93. The van der Waals surface area contributed by atoms with Crippen LogP contribution in [0.4, 0.5) is 13.2 Å². The van der Waals surface area contributed by atoms with Gasteiger partial charge in [0.15, 0.2) is 0 Å². The lowest BCUT2D eigenvalue weighted by Gasteiger charge is -2.17. The van der Waals surface area contributed by atoms with E-state index in [1.807, 2.05) is 6.07 Å². The molecule has 1 unspecified atom stereocenters. The van der Waals surface area contributed by atoms with E-state index in [-0.39, 0.29) is 18.5 Å². The molecule has 0 saturated heterocycles. The van der Waals surface area contributed by atoms with Gasteiger partial charge in [0.25, 0.3) is 6.43 Å². The molecule has 0 aliphatic carbocycles. The molecule has 0 heterocycles. The van der Waals surface area contributed by atoms with Crippen LogP contribution in [0.25, 0.3) is 0 Å². The van der Waals surface area contributed by atoms with Gasteiger partial charge in [-0.2, -0.15) is 0 Å². The second-order valence-electron chi connectivity index (χ2n) is 4.16. The third-order valence-electron chi connectivity index (χ3n) is 2.76. The maximum Gasteiger partial charge on any atom is 0.261 e. The van der Waals surface area contributed by atoms with Crippen molar-refractivity contribution < 1.29 is 17.9 Å². The van der Waals surface area contributed by atoms with E-state index in [0.29, 0.717) is 17.3 Å². The molecule has 0 aromatic heterocycles. The highest BCUT2D eigenvalue weighted by molar-refractivity contribution is 9.10. The van der Waals surface area contributed by atoms with Crippen molar-refractivity contribution in [2.75, 3.05) is 20.3 Å². The van der Waals surface area contributed by atoms with Gasteiger partial charge in [-0.1, -0.05) is 12.1 Å². The highest BCUT2D eigenvalue weighted by Gasteiger charge is 2.12. The molecule has 1 N–H and O–H groups in total. The largest absolute Gasteiger partial charge is 0.375 e. The van der Waals surface area contributed by atoms with Gasteiger partial charge in [-0.3, -0.25) is 0 Å². The van der Waals surface area contributed by atoms with Gasteiger partial charge in [0.05, 0.1) is 4.47 Å². The van der Waals surface area contributed by atoms with Crippen LogP contribution in [0.15, 0.2) is 22.7 Å². The van der Waals surface area contributed by atoms with Crippen LogP contribution in [0.3, 0.4) is 0 Å². The zero-order chi connectivity index (χ0) is 14.3. The number of hydrogen-bond donors (Lipinski definition) is 1. The van der Waals surface area contributed by atoms with Crippen molar-refractivity contribution in [2.24, 2.45) is 0 Å². The van der Waals surface area contributed by atoms with E-state index >= 15 is 0 Å². The standard InChI is InChI=1S/C13H17BrF3NO/c1-18-10(5-6-19-8-12(16)17)7-9-3-2-4-11(15)13(9)14/h2-4,10,12,18H,5-8H2,1H3. The Balaban J connectivity index is 2.45. The average molecular weight is 340 g/mol. The Hall–Kier alpha value is -0.590. The zero-order valence-corrected chi connectivity index (χ0v) is 12.2. The molecule has 19 heavy (non-hydrogen) atoms. The normalized spacial score (nSPS) is 12.9. The summed E-state index contributed by atoms with van der Waals surface area (Å²) in [6, 6.07) is 4.91. The second-order valence-corrected chi connectivity index (χ2v) is 4.95. The van der Waals surface area contributed by atoms with E-state index in [1.165, 1.54) is 6.07 Å². The molecule has 0 spiro atoms. The quantitative estimate of drug-likeness (QED) is 0.733. The van der Waals surface area contributed by atoms with E-state index in [9.17, 15) is 13.2 Å². The minimum atomic E-state index is -2.44. The molecule has 0 amide bonds. The van der Waals surface area contributed by atoms with Gasteiger partial charge in [-0.05, 0) is 47.4 Å². The number of nitrogens with one attached hydrogen (secondary N) is 1. The predicted molar refractivity (Wildman–Crippen MR) is 72.1 cm³/mol. The van der Waals surface area contributed by atoms with Crippen molar-refractivity contribution in [3.63, 3.8) is 0 Å². The van der Waals surface area contributed by atoms with Crippen LogP contribution in [0, 0.1) is 5.82 Å². The molecule has 2 nitrogen and oxygen atoms in total. The summed E-state index contributed by atoms with van der Waals surface area (Å²) < 4.78 is 42.4. The highest BCUT2D eigenvalue weighted by Crippen LogP contribution is 2.22. The topological polar surface area (TPSA) is 21.3 Å². The second kappa shape index (κ2) is 8.55. The molecular formula is C13H17BrF3NO. The first kappa shape index (κ1) is 16.5. The summed E-state index contributed by atoms with van der Waals surface area (Å²) in [5.41, 5.74) is 0.841. The van der Waals surface area contributed by atoms with Crippen molar-refractivity contribution in [2.45, 2.75) is 25.3 Å². The van der Waals surface area contributed by atoms with Crippen LogP contribution in [0.2, 0.25) is 0 Å². The molecular weight excluding hydrogens is 323 g/mol. The summed E-state index contributed by atoms with van der Waals surface area (Å²) in [5, 5.41) is 3.07. The van der Waals surface area contributed by atoms with Crippen molar-refractivity contribution in [1.82, 2.24) is 5.32 Å². The fourth-order valence-corrected chi connectivity index (χ4v) is 2.14. The van der Waals surface area contributed by atoms with E-state index in [0.717, 1.165) is 5.56 Å². The first-order valence-electron chi connectivity index (χ1n) is 6.00. The number of rotatable bonds is 8. The molecule has 6 heteroatoms. The molecule has 1 aromatic rings. The number of alkyl halides is 2. The van der Waals surface area contributed by atoms with Crippen LogP contribution in [-0.4, -0.2) is 32.7 Å². The summed E-state index contributed by atoms with van der Waals surface area (Å²) in [6.07, 6.45) is -1.25. The van der Waals surface area contributed by atoms with Gasteiger partial charge < -0.3 is 10.1 Å². The minimum absolute atomic E-state index is 0.0516. The first-order chi connectivity index (χ1) is 9.04. The van der Waals surface area contributed by atoms with Gasteiger partial charge in [0.2, 0.25) is 0 Å². The zero-order valence-electron chi connectivity index (χ0n) is 10.6. The first-order valence-corrected chi connectivity index (χ1v) is 6.80. The highest BCUT2D eigenvalue weighted by atomic mass is 79.9. The Morgan fingerprint density at radius 3 is 2.74 bits per heavy atom. The molecule has 1 atom stereocenters. The van der Waals surface area contributed by atoms with Gasteiger partial charge in [0, 0.05) is 12.6 Å². The number of ether oxygens (including phenoxy) is 1. The SMILES string of the molecule is CNC(CCOCC(F)F)Cc1cccc(F)c1Br. The molecule has 0 aliphatic rings. The van der Waals surface area contributed by atoms with Crippen molar-refractivity contribution in [1.29, 1.82) is 0 Å². The molecule has 0 bridgehead atoms. The van der Waals surface area contributed by atoms with Crippen LogP contribution in [0.5, 0.6) is 0 Å². The summed E-state index contributed by atoms with van der Waals surface area (Å²) in [6.45, 7) is -0.289. The fraction of sp³-hybridized carbons (Fsp3) is 0.538. The van der Waals surface area contributed by atoms with Crippen molar-refractivity contribution in [3.05, 3.63) is 34.1 Å². The summed E-state index contributed by atoms with van der Waals surface area (Å²) in [5.74, 6) is -0.304. The Bertz CT molecular complexity index is 390. The van der Waals surface area contributed by atoms with Gasteiger partial charge >= 0.3 is 0 Å². The molecule has 0 saturated carbocycles. The fourth-order valence-electron chi connectivity index (χ4n) is 1.72. The smallest absolute Gasteiger partial charge is 0.261 e. The van der Waals surface area contributed by atoms with Crippen LogP contribution >= 0.6 is 15.9 Å². The lowest BCUT2D eigenvalue weighted by atomic mass is 10.0. The summed E-state index contributed by atoms with van der Waals surface area (Å²) >= 11 is 3.21. The Morgan fingerprint density at radius 2 is 2.11 bits per heavy atom. The van der Waals surface area contributed by atoms with E-state index < -0.39 is 13.0 Å². The van der Waals surface area contributed by atoms with Crippen LogP contribution in [-0.2, 0) is 11.2 Å².